The van der Waals surface area contributed by atoms with Crippen LogP contribution in [0.4, 0.5) is 10.5 Å². The molecule has 3 N–H and O–H groups in total. The lowest BCUT2D eigenvalue weighted by Crippen LogP contribution is -2.25. The largest absolute Gasteiger partial charge is 0.496 e. The van der Waals surface area contributed by atoms with Crippen molar-refractivity contribution in [3.63, 3.8) is 0 Å². The fraction of sp³-hybridized carbons (Fsp3) is 0.231. The maximum absolute atomic E-state index is 12.9. The monoisotopic (exact) mass is 489 g/mol. The number of methoxy groups -OCH3 is 1. The number of fused-ring (bicyclic) bond motifs is 1. The number of nitrogens with one attached hydrogen (secondary N) is 2. The number of nitrogens with zero attached hydrogens (tertiary/aromatic N) is 3. The maximum atomic E-state index is 12.9. The summed E-state index contributed by atoms with van der Waals surface area (Å²) in [4.78, 5) is 31.0. The van der Waals surface area contributed by atoms with Crippen LogP contribution in [0.2, 0.25) is 0 Å². The number of rotatable bonds is 7. The van der Waals surface area contributed by atoms with Gasteiger partial charge in [-0.2, -0.15) is 5.10 Å². The van der Waals surface area contributed by atoms with E-state index in [1.54, 1.807) is 45.6 Å². The fourth-order valence-corrected chi connectivity index (χ4v) is 3.71. The van der Waals surface area contributed by atoms with Crippen molar-refractivity contribution in [2.45, 2.75) is 13.0 Å². The van der Waals surface area contributed by atoms with Crippen LogP contribution >= 0.6 is 0 Å². The Balaban J connectivity index is 1.74. The Morgan fingerprint density at radius 1 is 1.14 bits per heavy atom. The number of aromatic nitrogens is 3. The molecule has 0 fully saturated rings. The van der Waals surface area contributed by atoms with Crippen molar-refractivity contribution in [1.29, 1.82) is 0 Å². The van der Waals surface area contributed by atoms with Gasteiger partial charge in [-0.25, -0.2) is 9.78 Å². The van der Waals surface area contributed by atoms with Gasteiger partial charge >= 0.3 is 6.09 Å². The zero-order valence-corrected chi connectivity index (χ0v) is 20.4. The molecule has 1 unspecified atom stereocenters. The molecule has 2 amide bonds. The molecule has 2 aromatic heterocycles. The lowest BCUT2D eigenvalue weighted by atomic mass is 10.0. The molecule has 0 saturated heterocycles. The molecule has 0 spiro atoms. The molecular formula is C26H27N5O5. The van der Waals surface area contributed by atoms with Crippen molar-refractivity contribution in [1.82, 2.24) is 20.1 Å². The summed E-state index contributed by atoms with van der Waals surface area (Å²) < 4.78 is 10.5. The van der Waals surface area contributed by atoms with E-state index < -0.39 is 12.2 Å². The van der Waals surface area contributed by atoms with Gasteiger partial charge in [0.25, 0.3) is 5.91 Å². The Bertz CT molecular complexity index is 1410. The third kappa shape index (κ3) is 5.13. The van der Waals surface area contributed by atoms with Crippen LogP contribution in [0, 0.1) is 0 Å². The lowest BCUT2D eigenvalue weighted by Gasteiger charge is -2.16. The third-order valence-corrected chi connectivity index (χ3v) is 5.47. The first-order valence-corrected chi connectivity index (χ1v) is 11.2. The molecule has 0 aliphatic heterocycles. The van der Waals surface area contributed by atoms with Crippen molar-refractivity contribution in [2.24, 2.45) is 0 Å². The predicted molar refractivity (Wildman–Crippen MR) is 136 cm³/mol. The van der Waals surface area contributed by atoms with Gasteiger partial charge in [0, 0.05) is 36.8 Å². The number of para-hydroxylation sites is 1. The molecule has 2 aromatic carbocycles. The van der Waals surface area contributed by atoms with Crippen LogP contribution in [0.15, 0.2) is 54.7 Å². The topological polar surface area (TPSA) is 130 Å². The summed E-state index contributed by atoms with van der Waals surface area (Å²) in [7, 11) is 4.87. The number of pyridine rings is 1. The highest BCUT2D eigenvalue weighted by atomic mass is 16.6. The standard InChI is InChI=1S/C26H27N5O5/c1-15(32)14-36-26(34)28-21-10-9-16(11-19(21)25(33)31(2)3)17-12-20-23(29-30-24(20)27-13-17)18-7-5-6-8-22(18)35-4/h5-13,15,32H,14H2,1-4H3,(H,28,34)(H,27,29,30). The minimum absolute atomic E-state index is 0.161. The molecule has 2 heterocycles. The van der Waals surface area contributed by atoms with Gasteiger partial charge in [-0.05, 0) is 42.8 Å². The van der Waals surface area contributed by atoms with Gasteiger partial charge in [-0.3, -0.25) is 15.2 Å². The molecular weight excluding hydrogens is 462 g/mol. The molecule has 10 nitrogen and oxygen atoms in total. The van der Waals surface area contributed by atoms with Gasteiger partial charge in [-0.15, -0.1) is 0 Å². The van der Waals surface area contributed by atoms with Gasteiger partial charge in [0.05, 0.1) is 30.2 Å². The van der Waals surface area contributed by atoms with E-state index in [1.807, 2.05) is 30.3 Å². The zero-order chi connectivity index (χ0) is 25.8. The van der Waals surface area contributed by atoms with Crippen molar-refractivity contribution in [3.05, 3.63) is 60.3 Å². The molecule has 0 bridgehead atoms. The van der Waals surface area contributed by atoms with Crippen LogP contribution in [0.25, 0.3) is 33.4 Å². The van der Waals surface area contributed by atoms with E-state index in [4.69, 9.17) is 9.47 Å². The third-order valence-electron chi connectivity index (χ3n) is 5.47. The maximum Gasteiger partial charge on any atom is 0.411 e. The van der Waals surface area contributed by atoms with E-state index in [0.717, 1.165) is 27.8 Å². The number of carbonyl (C=O) groups excluding carboxylic acids is 2. The number of ether oxygens (including phenoxy) is 2. The highest BCUT2D eigenvalue weighted by Crippen LogP contribution is 2.35. The SMILES string of the molecule is COc1ccccc1-c1[nH]nc2ncc(-c3ccc(NC(=O)OCC(C)O)c(C(=O)N(C)C)c3)cc12. The Morgan fingerprint density at radius 3 is 2.64 bits per heavy atom. The summed E-state index contributed by atoms with van der Waals surface area (Å²) in [6.45, 7) is 1.35. The summed E-state index contributed by atoms with van der Waals surface area (Å²) in [5.74, 6) is 0.403. The van der Waals surface area contributed by atoms with Crippen LogP contribution in [0.5, 0.6) is 5.75 Å². The molecule has 4 rings (SSSR count). The smallest absolute Gasteiger partial charge is 0.411 e. The number of benzene rings is 2. The minimum atomic E-state index is -0.799. The van der Waals surface area contributed by atoms with Crippen molar-refractivity contribution >= 4 is 28.7 Å². The van der Waals surface area contributed by atoms with E-state index in [9.17, 15) is 14.7 Å². The van der Waals surface area contributed by atoms with Gasteiger partial charge in [0.1, 0.15) is 12.4 Å². The zero-order valence-electron chi connectivity index (χ0n) is 20.4. The number of amides is 2. The van der Waals surface area contributed by atoms with Gasteiger partial charge < -0.3 is 19.5 Å². The Labute approximate surface area is 207 Å². The Hall–Kier alpha value is -4.44. The second-order valence-electron chi connectivity index (χ2n) is 8.43. The van der Waals surface area contributed by atoms with E-state index in [-0.39, 0.29) is 18.1 Å². The summed E-state index contributed by atoms with van der Waals surface area (Å²) >= 11 is 0. The number of aliphatic hydroxyl groups is 1. The van der Waals surface area contributed by atoms with Gasteiger partial charge in [0.2, 0.25) is 0 Å². The summed E-state index contributed by atoms with van der Waals surface area (Å²) in [5, 5.41) is 20.1. The average Bonchev–Trinajstić information content (AvgIpc) is 3.30. The van der Waals surface area contributed by atoms with E-state index in [2.05, 4.69) is 20.5 Å². The summed E-state index contributed by atoms with van der Waals surface area (Å²) in [6, 6.07) is 14.7. The summed E-state index contributed by atoms with van der Waals surface area (Å²) in [5.41, 5.74) is 4.22. The van der Waals surface area contributed by atoms with E-state index in [0.29, 0.717) is 17.1 Å². The predicted octanol–water partition coefficient (Wildman–Crippen LogP) is 3.93. The molecule has 0 saturated carbocycles. The van der Waals surface area contributed by atoms with Crippen LogP contribution in [0.1, 0.15) is 17.3 Å². The highest BCUT2D eigenvalue weighted by molar-refractivity contribution is 6.04. The molecule has 0 aliphatic carbocycles. The average molecular weight is 490 g/mol. The second kappa shape index (κ2) is 10.4. The number of carbonyl (C=O) groups is 2. The number of hydrogen-bond acceptors (Lipinski definition) is 7. The Morgan fingerprint density at radius 2 is 1.92 bits per heavy atom. The number of anilines is 1. The van der Waals surface area contributed by atoms with E-state index in [1.165, 1.54) is 11.8 Å². The highest BCUT2D eigenvalue weighted by Gasteiger charge is 2.19. The molecule has 10 heteroatoms. The van der Waals surface area contributed by atoms with Gasteiger partial charge in [0.15, 0.2) is 5.65 Å². The lowest BCUT2D eigenvalue weighted by molar-refractivity contribution is 0.0827. The number of aliphatic hydroxyl groups excluding tert-OH is 1. The van der Waals surface area contributed by atoms with Crippen LogP contribution in [0.3, 0.4) is 0 Å². The number of aromatic amines is 1. The summed E-state index contributed by atoms with van der Waals surface area (Å²) in [6.07, 6.45) is 0.116. The van der Waals surface area contributed by atoms with Gasteiger partial charge in [-0.1, -0.05) is 18.2 Å². The first kappa shape index (κ1) is 24.7. The molecule has 1 atom stereocenters. The molecule has 0 aliphatic rings. The second-order valence-corrected chi connectivity index (χ2v) is 8.43. The van der Waals surface area contributed by atoms with Crippen LogP contribution in [-0.4, -0.2) is 71.1 Å². The van der Waals surface area contributed by atoms with Crippen molar-refractivity contribution < 1.29 is 24.2 Å². The molecule has 0 radical (unpaired) electrons. The fourth-order valence-electron chi connectivity index (χ4n) is 3.71. The molecule has 36 heavy (non-hydrogen) atoms. The Kier molecular flexibility index (Phi) is 7.16. The number of hydrogen-bond donors (Lipinski definition) is 3. The quantitative estimate of drug-likeness (QED) is 0.359. The van der Waals surface area contributed by atoms with Crippen molar-refractivity contribution in [3.8, 4) is 28.1 Å². The molecule has 4 aromatic rings. The van der Waals surface area contributed by atoms with Crippen LogP contribution in [-0.2, 0) is 4.74 Å². The molecule has 186 valence electrons. The minimum Gasteiger partial charge on any atom is -0.496 e. The number of H-pyrrole nitrogens is 1. The normalized spacial score (nSPS) is 11.7. The van der Waals surface area contributed by atoms with E-state index >= 15 is 0 Å². The van der Waals surface area contributed by atoms with Crippen molar-refractivity contribution in [2.75, 3.05) is 33.1 Å². The first-order chi connectivity index (χ1) is 17.3. The first-order valence-electron chi connectivity index (χ1n) is 11.2. The van der Waals surface area contributed by atoms with Crippen LogP contribution < -0.4 is 10.1 Å².